The Morgan fingerprint density at radius 2 is 2.28 bits per heavy atom. The second-order valence-electron chi connectivity index (χ2n) is 3.96. The van der Waals surface area contributed by atoms with Crippen LogP contribution in [0, 0.1) is 5.82 Å². The van der Waals surface area contributed by atoms with Crippen molar-refractivity contribution in [3.05, 3.63) is 34.6 Å². The molecule has 0 heterocycles. The summed E-state index contributed by atoms with van der Waals surface area (Å²) in [5, 5.41) is 3.27. The summed E-state index contributed by atoms with van der Waals surface area (Å²) in [5.41, 5.74) is 0.778. The third-order valence-corrected chi connectivity index (χ3v) is 2.87. The van der Waals surface area contributed by atoms with Crippen molar-refractivity contribution < 1.29 is 13.9 Å². The second-order valence-corrected chi connectivity index (χ2v) is 4.37. The average Bonchev–Trinajstić information content (AvgIpc) is 2.37. The smallest absolute Gasteiger partial charge is 0.307 e. The van der Waals surface area contributed by atoms with E-state index >= 15 is 0 Å². The van der Waals surface area contributed by atoms with E-state index in [-0.39, 0.29) is 23.5 Å². The normalized spacial score (nSPS) is 12.2. The Morgan fingerprint density at radius 3 is 2.83 bits per heavy atom. The van der Waals surface area contributed by atoms with Crippen molar-refractivity contribution in [2.45, 2.75) is 25.8 Å². The monoisotopic (exact) mass is 273 g/mol. The summed E-state index contributed by atoms with van der Waals surface area (Å²) in [6.07, 6.45) is 1.13. The van der Waals surface area contributed by atoms with Crippen LogP contribution in [-0.4, -0.2) is 19.6 Å². The van der Waals surface area contributed by atoms with Gasteiger partial charge >= 0.3 is 5.97 Å². The van der Waals surface area contributed by atoms with Crippen LogP contribution in [0.3, 0.4) is 0 Å². The molecule has 1 rings (SSSR count). The van der Waals surface area contributed by atoms with Crippen LogP contribution >= 0.6 is 11.6 Å². The fourth-order valence-electron chi connectivity index (χ4n) is 1.61. The molecule has 0 saturated heterocycles. The van der Waals surface area contributed by atoms with Crippen molar-refractivity contribution in [2.75, 3.05) is 13.7 Å². The Hall–Kier alpha value is -1.13. The number of hydrogen-bond acceptors (Lipinski definition) is 3. The molecular weight excluding hydrogens is 257 g/mol. The Kier molecular flexibility index (Phi) is 6.09. The number of hydrogen-bond donors (Lipinski definition) is 1. The first kappa shape index (κ1) is 14.9. The van der Waals surface area contributed by atoms with Crippen LogP contribution in [0.2, 0.25) is 5.02 Å². The van der Waals surface area contributed by atoms with Gasteiger partial charge in [-0.05, 0) is 30.7 Å². The van der Waals surface area contributed by atoms with Crippen molar-refractivity contribution in [3.63, 3.8) is 0 Å². The van der Waals surface area contributed by atoms with Gasteiger partial charge in [0.2, 0.25) is 0 Å². The highest BCUT2D eigenvalue weighted by atomic mass is 35.5. The van der Waals surface area contributed by atoms with Crippen LogP contribution in [-0.2, 0) is 9.53 Å². The third-order valence-electron chi connectivity index (χ3n) is 2.59. The summed E-state index contributed by atoms with van der Waals surface area (Å²) in [4.78, 5) is 11.3. The first-order valence-electron chi connectivity index (χ1n) is 5.83. The van der Waals surface area contributed by atoms with E-state index in [1.165, 1.54) is 19.2 Å². The van der Waals surface area contributed by atoms with E-state index in [9.17, 15) is 9.18 Å². The predicted octanol–water partition coefficient (Wildman–Crippen LogP) is 3.08. The zero-order chi connectivity index (χ0) is 13.5. The summed E-state index contributed by atoms with van der Waals surface area (Å²) in [7, 11) is 1.34. The highest BCUT2D eigenvalue weighted by Crippen LogP contribution is 2.23. The molecule has 18 heavy (non-hydrogen) atoms. The molecule has 0 amide bonds. The number of halogens is 2. The Bertz CT molecular complexity index is 412. The molecule has 1 aromatic rings. The van der Waals surface area contributed by atoms with Crippen LogP contribution < -0.4 is 5.32 Å². The van der Waals surface area contributed by atoms with Gasteiger partial charge in [-0.2, -0.15) is 0 Å². The lowest BCUT2D eigenvalue weighted by Gasteiger charge is -2.18. The first-order valence-corrected chi connectivity index (χ1v) is 6.21. The molecule has 5 heteroatoms. The van der Waals surface area contributed by atoms with Gasteiger partial charge in [0.05, 0.1) is 18.6 Å². The van der Waals surface area contributed by atoms with Crippen molar-refractivity contribution >= 4 is 17.6 Å². The summed E-state index contributed by atoms with van der Waals surface area (Å²) < 4.78 is 17.7. The molecule has 0 aromatic heterocycles. The van der Waals surface area contributed by atoms with Crippen molar-refractivity contribution in [2.24, 2.45) is 0 Å². The van der Waals surface area contributed by atoms with Crippen molar-refractivity contribution in [3.8, 4) is 0 Å². The van der Waals surface area contributed by atoms with Gasteiger partial charge in [0, 0.05) is 6.04 Å². The molecule has 0 aliphatic rings. The number of ether oxygens (including phenoxy) is 1. The van der Waals surface area contributed by atoms with Crippen LogP contribution in [0.15, 0.2) is 18.2 Å². The predicted molar refractivity (Wildman–Crippen MR) is 69.1 cm³/mol. The SMILES string of the molecule is CCCNC(CC(=O)OC)c1ccc(F)c(Cl)c1. The van der Waals surface area contributed by atoms with Gasteiger partial charge in [0.1, 0.15) is 5.82 Å². The molecule has 0 aliphatic carbocycles. The average molecular weight is 274 g/mol. The number of methoxy groups -OCH3 is 1. The molecule has 0 radical (unpaired) electrons. The maximum Gasteiger partial charge on any atom is 0.307 e. The van der Waals surface area contributed by atoms with Gasteiger partial charge in [0.25, 0.3) is 0 Å². The number of benzene rings is 1. The maximum atomic E-state index is 13.1. The molecule has 0 aliphatic heterocycles. The molecule has 1 unspecified atom stereocenters. The molecule has 1 N–H and O–H groups in total. The van der Waals surface area contributed by atoms with Gasteiger partial charge in [-0.1, -0.05) is 24.6 Å². The number of carbonyl (C=O) groups is 1. The Labute approximate surface area is 111 Å². The van der Waals surface area contributed by atoms with E-state index in [0.717, 1.165) is 18.5 Å². The molecule has 100 valence electrons. The van der Waals surface area contributed by atoms with E-state index in [1.807, 2.05) is 6.92 Å². The Morgan fingerprint density at radius 1 is 1.56 bits per heavy atom. The van der Waals surface area contributed by atoms with Crippen LogP contribution in [0.1, 0.15) is 31.4 Å². The fraction of sp³-hybridized carbons (Fsp3) is 0.462. The summed E-state index contributed by atoms with van der Waals surface area (Å²) in [6, 6.07) is 4.25. The summed E-state index contributed by atoms with van der Waals surface area (Å²) >= 11 is 5.74. The third kappa shape index (κ3) is 4.27. The molecule has 1 atom stereocenters. The molecule has 0 fully saturated rings. The van der Waals surface area contributed by atoms with Gasteiger partial charge in [0.15, 0.2) is 0 Å². The van der Waals surface area contributed by atoms with Crippen LogP contribution in [0.5, 0.6) is 0 Å². The van der Waals surface area contributed by atoms with E-state index < -0.39 is 5.82 Å². The summed E-state index contributed by atoms with van der Waals surface area (Å²) in [6.45, 7) is 2.79. The zero-order valence-electron chi connectivity index (χ0n) is 10.5. The van der Waals surface area contributed by atoms with E-state index in [2.05, 4.69) is 10.1 Å². The minimum Gasteiger partial charge on any atom is -0.469 e. The number of esters is 1. The molecule has 3 nitrogen and oxygen atoms in total. The maximum absolute atomic E-state index is 13.1. The van der Waals surface area contributed by atoms with E-state index in [1.54, 1.807) is 6.07 Å². The standard InChI is InChI=1S/C13H17ClFNO2/c1-3-6-16-12(8-13(17)18-2)9-4-5-11(15)10(14)7-9/h4-5,7,12,16H,3,6,8H2,1-2H3. The minimum absolute atomic E-state index is 0.0562. The zero-order valence-corrected chi connectivity index (χ0v) is 11.3. The lowest BCUT2D eigenvalue weighted by atomic mass is 10.0. The first-order chi connectivity index (χ1) is 8.58. The Balaban J connectivity index is 2.86. The quantitative estimate of drug-likeness (QED) is 0.810. The van der Waals surface area contributed by atoms with Gasteiger partial charge in [-0.25, -0.2) is 4.39 Å². The number of nitrogens with one attached hydrogen (secondary N) is 1. The second kappa shape index (κ2) is 7.34. The molecule has 0 saturated carbocycles. The van der Waals surface area contributed by atoms with E-state index in [0.29, 0.717) is 0 Å². The molecular formula is C13H17ClFNO2. The highest BCUT2D eigenvalue weighted by molar-refractivity contribution is 6.30. The largest absolute Gasteiger partial charge is 0.469 e. The fourth-order valence-corrected chi connectivity index (χ4v) is 1.79. The van der Waals surface area contributed by atoms with Crippen molar-refractivity contribution in [1.82, 2.24) is 5.32 Å². The van der Waals surface area contributed by atoms with Gasteiger partial charge in [-0.3, -0.25) is 4.79 Å². The minimum atomic E-state index is -0.465. The highest BCUT2D eigenvalue weighted by Gasteiger charge is 2.16. The lowest BCUT2D eigenvalue weighted by Crippen LogP contribution is -2.25. The molecule has 0 spiro atoms. The van der Waals surface area contributed by atoms with Gasteiger partial charge < -0.3 is 10.1 Å². The van der Waals surface area contributed by atoms with Crippen LogP contribution in [0.4, 0.5) is 4.39 Å². The van der Waals surface area contributed by atoms with Crippen LogP contribution in [0.25, 0.3) is 0 Å². The lowest BCUT2D eigenvalue weighted by molar-refractivity contribution is -0.141. The van der Waals surface area contributed by atoms with E-state index in [4.69, 9.17) is 11.6 Å². The van der Waals surface area contributed by atoms with Gasteiger partial charge in [-0.15, -0.1) is 0 Å². The summed E-state index contributed by atoms with van der Waals surface area (Å²) in [5.74, 6) is -0.781. The topological polar surface area (TPSA) is 38.3 Å². The molecule has 1 aromatic carbocycles. The number of carbonyl (C=O) groups excluding carboxylic acids is 1. The van der Waals surface area contributed by atoms with Crippen molar-refractivity contribution in [1.29, 1.82) is 0 Å². The number of rotatable bonds is 6. The molecule has 0 bridgehead atoms.